The summed E-state index contributed by atoms with van der Waals surface area (Å²) in [4.78, 5) is 19.4. The highest BCUT2D eigenvalue weighted by Gasteiger charge is 2.30. The van der Waals surface area contributed by atoms with Crippen LogP contribution in [0.2, 0.25) is 0 Å². The molecule has 1 amide bonds. The average Bonchev–Trinajstić information content (AvgIpc) is 3.41. The Hall–Kier alpha value is -3.48. The highest BCUT2D eigenvalue weighted by atomic mass is 19.1. The van der Waals surface area contributed by atoms with E-state index >= 15 is 0 Å². The third kappa shape index (κ3) is 3.58. The Bertz CT molecular complexity index is 1200. The van der Waals surface area contributed by atoms with Crippen LogP contribution in [0.4, 0.5) is 4.39 Å². The zero-order valence-electron chi connectivity index (χ0n) is 16.3. The van der Waals surface area contributed by atoms with E-state index in [-0.39, 0.29) is 17.6 Å². The van der Waals surface area contributed by atoms with Crippen LogP contribution < -0.4 is 0 Å². The Kier molecular flexibility index (Phi) is 4.78. The van der Waals surface area contributed by atoms with E-state index in [0.29, 0.717) is 36.9 Å². The van der Waals surface area contributed by atoms with Crippen molar-refractivity contribution in [1.82, 2.24) is 20.1 Å². The van der Waals surface area contributed by atoms with Crippen molar-refractivity contribution in [2.45, 2.75) is 25.2 Å². The summed E-state index contributed by atoms with van der Waals surface area (Å²) in [6, 6.07) is 14.1. The first-order valence-electron chi connectivity index (χ1n) is 10.1. The fourth-order valence-corrected chi connectivity index (χ4v) is 4.08. The fourth-order valence-electron chi connectivity index (χ4n) is 4.08. The minimum absolute atomic E-state index is 0.0363. The lowest BCUT2D eigenvalue weighted by Crippen LogP contribution is -2.39. The molecule has 2 aromatic heterocycles. The number of benzene rings is 2. The maximum atomic E-state index is 13.4. The van der Waals surface area contributed by atoms with Crippen LogP contribution in [0.25, 0.3) is 10.9 Å². The van der Waals surface area contributed by atoms with Gasteiger partial charge in [-0.25, -0.2) is 9.37 Å². The van der Waals surface area contributed by atoms with Gasteiger partial charge in [-0.15, -0.1) is 0 Å². The van der Waals surface area contributed by atoms with Crippen LogP contribution in [0.3, 0.4) is 0 Å². The first-order chi connectivity index (χ1) is 14.7. The largest absolute Gasteiger partial charge is 0.445 e. The molecule has 3 heterocycles. The SMILES string of the molecule is O=C(c1n[nH]c2ccccc12)N1CCC[C@@H](c2ncc(Cc3cccc(F)c3)o2)C1. The number of H-pyrrole nitrogens is 1. The first kappa shape index (κ1) is 18.5. The van der Waals surface area contributed by atoms with Crippen LogP contribution in [0.5, 0.6) is 0 Å². The minimum atomic E-state index is -0.264. The second-order valence-corrected chi connectivity index (χ2v) is 7.68. The first-order valence-corrected chi connectivity index (χ1v) is 10.1. The number of nitrogens with zero attached hydrogens (tertiary/aromatic N) is 3. The lowest BCUT2D eigenvalue weighted by Gasteiger charge is -2.30. The molecule has 1 aliphatic rings. The van der Waals surface area contributed by atoms with Crippen molar-refractivity contribution in [2.75, 3.05) is 13.1 Å². The van der Waals surface area contributed by atoms with Gasteiger partial charge in [-0.05, 0) is 36.6 Å². The Balaban J connectivity index is 1.31. The van der Waals surface area contributed by atoms with Crippen molar-refractivity contribution < 1.29 is 13.6 Å². The molecule has 1 fully saturated rings. The number of halogens is 1. The van der Waals surface area contributed by atoms with Gasteiger partial charge in [0.1, 0.15) is 11.6 Å². The molecule has 0 spiro atoms. The highest BCUT2D eigenvalue weighted by molar-refractivity contribution is 6.04. The maximum Gasteiger partial charge on any atom is 0.275 e. The number of nitrogens with one attached hydrogen (secondary N) is 1. The number of amides is 1. The molecule has 30 heavy (non-hydrogen) atoms. The quantitative estimate of drug-likeness (QED) is 0.550. The summed E-state index contributed by atoms with van der Waals surface area (Å²) >= 11 is 0. The summed E-state index contributed by atoms with van der Waals surface area (Å²) in [6.07, 6.45) is 3.97. The van der Waals surface area contributed by atoms with Gasteiger partial charge >= 0.3 is 0 Å². The van der Waals surface area contributed by atoms with E-state index in [4.69, 9.17) is 4.42 Å². The molecule has 0 bridgehead atoms. The molecular formula is C23H21FN4O2. The predicted octanol–water partition coefficient (Wildman–Crippen LogP) is 4.30. The topological polar surface area (TPSA) is 75.0 Å². The summed E-state index contributed by atoms with van der Waals surface area (Å²) in [5.41, 5.74) is 2.14. The monoisotopic (exact) mass is 404 g/mol. The van der Waals surface area contributed by atoms with Gasteiger partial charge in [-0.2, -0.15) is 5.10 Å². The van der Waals surface area contributed by atoms with Crippen molar-refractivity contribution >= 4 is 16.8 Å². The number of hydrogen-bond donors (Lipinski definition) is 1. The average molecular weight is 404 g/mol. The van der Waals surface area contributed by atoms with Crippen molar-refractivity contribution in [3.8, 4) is 0 Å². The number of para-hydroxylation sites is 1. The summed E-state index contributed by atoms with van der Waals surface area (Å²) in [6.45, 7) is 1.23. The minimum Gasteiger partial charge on any atom is -0.445 e. The summed E-state index contributed by atoms with van der Waals surface area (Å²) in [5, 5.41) is 8.00. The molecule has 1 aliphatic heterocycles. The Morgan fingerprint density at radius 3 is 3.03 bits per heavy atom. The number of aromatic nitrogens is 3. The summed E-state index contributed by atoms with van der Waals surface area (Å²) in [7, 11) is 0. The number of oxazole rings is 1. The molecule has 4 aromatic rings. The van der Waals surface area contributed by atoms with Gasteiger partial charge in [0, 0.05) is 24.9 Å². The smallest absolute Gasteiger partial charge is 0.275 e. The second-order valence-electron chi connectivity index (χ2n) is 7.68. The molecule has 1 atom stereocenters. The molecule has 0 saturated carbocycles. The number of likely N-dealkylation sites (tertiary alicyclic amines) is 1. The van der Waals surface area contributed by atoms with E-state index in [2.05, 4.69) is 15.2 Å². The van der Waals surface area contributed by atoms with E-state index in [1.54, 1.807) is 12.3 Å². The summed E-state index contributed by atoms with van der Waals surface area (Å²) < 4.78 is 19.4. The normalized spacial score (nSPS) is 16.8. The van der Waals surface area contributed by atoms with E-state index in [1.807, 2.05) is 35.2 Å². The van der Waals surface area contributed by atoms with Crippen LogP contribution in [0.1, 0.15) is 46.5 Å². The maximum absolute atomic E-state index is 13.4. The third-order valence-electron chi connectivity index (χ3n) is 5.57. The lowest BCUT2D eigenvalue weighted by molar-refractivity contribution is 0.0694. The number of aromatic amines is 1. The molecule has 0 radical (unpaired) electrons. The Morgan fingerprint density at radius 1 is 1.23 bits per heavy atom. The molecule has 0 unspecified atom stereocenters. The summed E-state index contributed by atoms with van der Waals surface area (Å²) in [5.74, 6) is 1.01. The number of piperidine rings is 1. The van der Waals surface area contributed by atoms with Crippen molar-refractivity contribution in [2.24, 2.45) is 0 Å². The standard InChI is InChI=1S/C23H21FN4O2/c24-17-7-3-5-15(11-17)12-18-13-25-22(30-18)16-6-4-10-28(14-16)23(29)21-19-8-1-2-9-20(19)26-27-21/h1-3,5,7-9,11,13,16H,4,6,10,12,14H2,(H,26,27)/t16-/m1/s1. The molecule has 152 valence electrons. The molecule has 1 saturated heterocycles. The molecule has 5 rings (SSSR count). The highest BCUT2D eigenvalue weighted by Crippen LogP contribution is 2.29. The second kappa shape index (κ2) is 7.74. The van der Waals surface area contributed by atoms with Gasteiger partial charge in [-0.3, -0.25) is 9.89 Å². The predicted molar refractivity (Wildman–Crippen MR) is 110 cm³/mol. The number of hydrogen-bond acceptors (Lipinski definition) is 4. The van der Waals surface area contributed by atoms with Crippen LogP contribution >= 0.6 is 0 Å². The third-order valence-corrected chi connectivity index (χ3v) is 5.57. The van der Waals surface area contributed by atoms with Crippen molar-refractivity contribution in [3.63, 3.8) is 0 Å². The van der Waals surface area contributed by atoms with E-state index in [0.717, 1.165) is 29.3 Å². The zero-order chi connectivity index (χ0) is 20.5. The van der Waals surface area contributed by atoms with Gasteiger partial charge < -0.3 is 9.32 Å². The van der Waals surface area contributed by atoms with E-state index < -0.39 is 0 Å². The number of rotatable bonds is 4. The van der Waals surface area contributed by atoms with Crippen LogP contribution in [0, 0.1) is 5.82 Å². The fraction of sp³-hybridized carbons (Fsp3) is 0.261. The molecule has 2 aromatic carbocycles. The number of carbonyl (C=O) groups is 1. The number of carbonyl (C=O) groups excluding carboxylic acids is 1. The van der Waals surface area contributed by atoms with Crippen LogP contribution in [-0.4, -0.2) is 39.1 Å². The van der Waals surface area contributed by atoms with Gasteiger partial charge in [-0.1, -0.05) is 30.3 Å². The van der Waals surface area contributed by atoms with E-state index in [9.17, 15) is 9.18 Å². The molecule has 6 nitrogen and oxygen atoms in total. The van der Waals surface area contributed by atoms with Crippen molar-refractivity contribution in [1.29, 1.82) is 0 Å². The van der Waals surface area contributed by atoms with Crippen molar-refractivity contribution in [3.05, 3.63) is 83.5 Å². The number of fused-ring (bicyclic) bond motifs is 1. The Labute approximate surface area is 172 Å². The lowest BCUT2D eigenvalue weighted by atomic mass is 9.97. The van der Waals surface area contributed by atoms with Gasteiger partial charge in [0.2, 0.25) is 0 Å². The van der Waals surface area contributed by atoms with Crippen LogP contribution in [0.15, 0.2) is 59.1 Å². The van der Waals surface area contributed by atoms with Gasteiger partial charge in [0.05, 0.1) is 17.6 Å². The van der Waals surface area contributed by atoms with Gasteiger partial charge in [0.25, 0.3) is 5.91 Å². The van der Waals surface area contributed by atoms with E-state index in [1.165, 1.54) is 12.1 Å². The molecule has 1 N–H and O–H groups in total. The Morgan fingerprint density at radius 2 is 2.13 bits per heavy atom. The molecular weight excluding hydrogens is 383 g/mol. The zero-order valence-corrected chi connectivity index (χ0v) is 16.3. The van der Waals surface area contributed by atoms with Gasteiger partial charge in [0.15, 0.2) is 11.6 Å². The van der Waals surface area contributed by atoms with Crippen LogP contribution in [-0.2, 0) is 6.42 Å². The molecule has 7 heteroatoms. The molecule has 0 aliphatic carbocycles.